The van der Waals surface area contributed by atoms with Gasteiger partial charge < -0.3 is 14.7 Å². The molecule has 1 aromatic heterocycles. The van der Waals surface area contributed by atoms with Gasteiger partial charge in [-0.15, -0.1) is 13.2 Å². The molecule has 210 valence electrons. The number of piperazine rings is 1. The lowest BCUT2D eigenvalue weighted by atomic mass is 10.1. The van der Waals surface area contributed by atoms with Gasteiger partial charge in [0.25, 0.3) is 5.56 Å². The highest BCUT2D eigenvalue weighted by Crippen LogP contribution is 2.29. The highest BCUT2D eigenvalue weighted by Gasteiger charge is 2.32. The van der Waals surface area contributed by atoms with Gasteiger partial charge in [0.15, 0.2) is 9.84 Å². The van der Waals surface area contributed by atoms with E-state index >= 15 is 0 Å². The number of sulfone groups is 1. The van der Waals surface area contributed by atoms with Gasteiger partial charge in [0.05, 0.1) is 34.4 Å². The smallest absolute Gasteiger partial charge is 0.465 e. The quantitative estimate of drug-likeness (QED) is 0.444. The number of rotatable bonds is 7. The molecule has 10 nitrogen and oxygen atoms in total. The fourth-order valence-electron chi connectivity index (χ4n) is 4.39. The van der Waals surface area contributed by atoms with Crippen molar-refractivity contribution in [2.24, 2.45) is 0 Å². The van der Waals surface area contributed by atoms with Gasteiger partial charge in [0, 0.05) is 37.7 Å². The van der Waals surface area contributed by atoms with Crippen molar-refractivity contribution in [2.75, 3.05) is 31.9 Å². The summed E-state index contributed by atoms with van der Waals surface area (Å²) in [6.45, 7) is 2.43. The molecule has 1 N–H and O–H groups in total. The maximum atomic E-state index is 13.4. The zero-order valence-corrected chi connectivity index (χ0v) is 22.2. The third-order valence-electron chi connectivity index (χ3n) is 6.33. The third-order valence-corrected chi connectivity index (χ3v) is 8.39. The Bertz CT molecular complexity index is 1570. The van der Waals surface area contributed by atoms with Gasteiger partial charge in [-0.2, -0.15) is 0 Å². The number of hydrogen-bond acceptors (Lipinski definition) is 7. The largest absolute Gasteiger partial charge is 0.573 e. The standard InChI is InChI=1S/C24H24ClF3N4O6S/c1-2-39(36,37)20-4-3-17(25)9-15(20)13-32-14-29-21-16(12-30-5-7-31(8-6-30)23(34)35)10-18(38-24(26,27)28)11-19(21)22(32)33/h3-4,9-11,14H,2,5-8,12-13H2,1H3,(H,34,35). The molecule has 0 saturated carbocycles. The lowest BCUT2D eigenvalue weighted by molar-refractivity contribution is -0.274. The molecule has 2 heterocycles. The number of benzene rings is 2. The molecule has 39 heavy (non-hydrogen) atoms. The number of halogens is 4. The van der Waals surface area contributed by atoms with Crippen LogP contribution in [0.3, 0.4) is 0 Å². The first-order valence-electron chi connectivity index (χ1n) is 11.8. The number of alkyl halides is 3. The molecule has 4 rings (SSSR count). The maximum absolute atomic E-state index is 13.4. The molecular formula is C24H24ClF3N4O6S. The Kier molecular flexibility index (Phi) is 8.09. The summed E-state index contributed by atoms with van der Waals surface area (Å²) in [6.07, 6.45) is -4.87. The summed E-state index contributed by atoms with van der Waals surface area (Å²) in [5.74, 6) is -0.794. The van der Waals surface area contributed by atoms with Crippen molar-refractivity contribution in [3.63, 3.8) is 0 Å². The van der Waals surface area contributed by atoms with Crippen molar-refractivity contribution >= 4 is 38.4 Å². The van der Waals surface area contributed by atoms with Gasteiger partial charge in [0.2, 0.25) is 0 Å². The second-order valence-corrected chi connectivity index (χ2v) is 11.6. The number of carboxylic acid groups (broad SMARTS) is 1. The fourth-order valence-corrected chi connectivity index (χ4v) is 5.70. The molecule has 1 saturated heterocycles. The SMILES string of the molecule is CCS(=O)(=O)c1ccc(Cl)cc1Cn1cnc2c(CN3CCN(C(=O)O)CC3)cc(OC(F)(F)F)cc2c1=O. The Morgan fingerprint density at radius 1 is 1.10 bits per heavy atom. The van der Waals surface area contributed by atoms with Crippen LogP contribution < -0.4 is 10.3 Å². The van der Waals surface area contributed by atoms with E-state index in [0.29, 0.717) is 13.1 Å². The summed E-state index contributed by atoms with van der Waals surface area (Å²) in [4.78, 5) is 32.0. The Balaban J connectivity index is 1.76. The van der Waals surface area contributed by atoms with Crippen LogP contribution >= 0.6 is 11.6 Å². The number of ether oxygens (including phenoxy) is 1. The first kappa shape index (κ1) is 28.6. The van der Waals surface area contributed by atoms with Crippen LogP contribution in [0.1, 0.15) is 18.1 Å². The number of amides is 1. The minimum absolute atomic E-state index is 0.0169. The summed E-state index contributed by atoms with van der Waals surface area (Å²) < 4.78 is 69.6. The van der Waals surface area contributed by atoms with E-state index in [1.807, 2.05) is 4.90 Å². The lowest BCUT2D eigenvalue weighted by Crippen LogP contribution is -2.47. The first-order valence-corrected chi connectivity index (χ1v) is 13.8. The van der Waals surface area contributed by atoms with Crippen molar-refractivity contribution in [3.8, 4) is 5.75 Å². The van der Waals surface area contributed by atoms with Crippen molar-refractivity contribution in [1.29, 1.82) is 0 Å². The monoisotopic (exact) mass is 588 g/mol. The van der Waals surface area contributed by atoms with E-state index < -0.39 is 33.6 Å². The average Bonchev–Trinajstić information content (AvgIpc) is 2.85. The number of aromatic nitrogens is 2. The summed E-state index contributed by atoms with van der Waals surface area (Å²) in [6, 6.07) is 6.26. The van der Waals surface area contributed by atoms with Crippen molar-refractivity contribution < 1.29 is 36.2 Å². The second kappa shape index (κ2) is 11.0. The van der Waals surface area contributed by atoms with Crippen LogP contribution in [0.4, 0.5) is 18.0 Å². The maximum Gasteiger partial charge on any atom is 0.573 e. The van der Waals surface area contributed by atoms with E-state index in [2.05, 4.69) is 9.72 Å². The van der Waals surface area contributed by atoms with Gasteiger partial charge in [-0.05, 0) is 41.5 Å². The highest BCUT2D eigenvalue weighted by molar-refractivity contribution is 7.91. The average molecular weight is 589 g/mol. The normalized spacial score (nSPS) is 15.1. The first-order chi connectivity index (χ1) is 18.3. The summed E-state index contributed by atoms with van der Waals surface area (Å²) in [5, 5.41) is 9.24. The molecule has 1 amide bonds. The van der Waals surface area contributed by atoms with Gasteiger partial charge in [-0.3, -0.25) is 14.3 Å². The van der Waals surface area contributed by atoms with E-state index in [1.165, 1.54) is 36.4 Å². The molecule has 0 spiro atoms. The van der Waals surface area contributed by atoms with Crippen LogP contribution in [-0.2, 0) is 22.9 Å². The van der Waals surface area contributed by atoms with E-state index in [9.17, 15) is 31.2 Å². The molecule has 1 aliphatic rings. The summed E-state index contributed by atoms with van der Waals surface area (Å²) in [7, 11) is -3.67. The Labute approximate surface area is 226 Å². The number of fused-ring (bicyclic) bond motifs is 1. The van der Waals surface area contributed by atoms with Gasteiger partial charge >= 0.3 is 12.5 Å². The molecule has 0 radical (unpaired) electrons. The molecule has 2 aromatic carbocycles. The Morgan fingerprint density at radius 2 is 1.79 bits per heavy atom. The van der Waals surface area contributed by atoms with Crippen LogP contribution in [0.2, 0.25) is 5.02 Å². The lowest BCUT2D eigenvalue weighted by Gasteiger charge is -2.33. The fraction of sp³-hybridized carbons (Fsp3) is 0.375. The van der Waals surface area contributed by atoms with E-state index in [4.69, 9.17) is 16.7 Å². The van der Waals surface area contributed by atoms with Crippen molar-refractivity contribution in [2.45, 2.75) is 31.3 Å². The number of hydrogen-bond donors (Lipinski definition) is 1. The Morgan fingerprint density at radius 3 is 2.41 bits per heavy atom. The molecule has 0 bridgehead atoms. The molecule has 1 fully saturated rings. The van der Waals surface area contributed by atoms with Crippen molar-refractivity contribution in [1.82, 2.24) is 19.4 Å². The van der Waals surface area contributed by atoms with Gasteiger partial charge in [0.1, 0.15) is 5.75 Å². The minimum Gasteiger partial charge on any atom is -0.465 e. The molecule has 15 heteroatoms. The third kappa shape index (κ3) is 6.62. The highest BCUT2D eigenvalue weighted by atomic mass is 35.5. The molecular weight excluding hydrogens is 565 g/mol. The van der Waals surface area contributed by atoms with Gasteiger partial charge in [-0.1, -0.05) is 18.5 Å². The van der Waals surface area contributed by atoms with Crippen LogP contribution in [0.25, 0.3) is 10.9 Å². The molecule has 3 aromatic rings. The van der Waals surface area contributed by atoms with Crippen molar-refractivity contribution in [3.05, 3.63) is 63.2 Å². The van der Waals surface area contributed by atoms with E-state index in [1.54, 1.807) is 0 Å². The van der Waals surface area contributed by atoms with E-state index in [-0.39, 0.29) is 63.9 Å². The summed E-state index contributed by atoms with van der Waals surface area (Å²) >= 11 is 6.07. The minimum atomic E-state index is -5.01. The van der Waals surface area contributed by atoms with Crippen LogP contribution in [0, 0.1) is 0 Å². The topological polar surface area (TPSA) is 122 Å². The van der Waals surface area contributed by atoms with E-state index in [0.717, 1.165) is 16.7 Å². The van der Waals surface area contributed by atoms with Gasteiger partial charge in [-0.25, -0.2) is 18.2 Å². The Hall–Kier alpha value is -3.36. The molecule has 0 atom stereocenters. The second-order valence-electron chi connectivity index (χ2n) is 8.91. The zero-order valence-electron chi connectivity index (χ0n) is 20.6. The zero-order chi connectivity index (χ0) is 28.5. The predicted octanol–water partition coefficient (Wildman–Crippen LogP) is 3.59. The summed E-state index contributed by atoms with van der Waals surface area (Å²) in [5.41, 5.74) is -0.0352. The van der Waals surface area contributed by atoms with Crippen LogP contribution in [0.15, 0.2) is 46.3 Å². The van der Waals surface area contributed by atoms with Crippen LogP contribution in [-0.4, -0.2) is 77.3 Å². The molecule has 1 aliphatic heterocycles. The molecule has 0 aliphatic carbocycles. The number of nitrogens with zero attached hydrogens (tertiary/aromatic N) is 4. The van der Waals surface area contributed by atoms with Crippen LogP contribution in [0.5, 0.6) is 5.75 Å². The number of carbonyl (C=O) groups is 1. The predicted molar refractivity (Wildman–Crippen MR) is 136 cm³/mol. The molecule has 0 unspecified atom stereocenters.